The highest BCUT2D eigenvalue weighted by molar-refractivity contribution is 9.10. The third-order valence-electron chi connectivity index (χ3n) is 4.11. The molecule has 0 unspecified atom stereocenters. The molecule has 30 heavy (non-hydrogen) atoms. The van der Waals surface area contributed by atoms with Gasteiger partial charge in [0.05, 0.1) is 17.1 Å². The highest BCUT2D eigenvalue weighted by atomic mass is 79.9. The van der Waals surface area contributed by atoms with Gasteiger partial charge in [-0.25, -0.2) is 9.78 Å². The average molecular weight is 537 g/mol. The van der Waals surface area contributed by atoms with Crippen molar-refractivity contribution in [3.05, 3.63) is 67.1 Å². The molecule has 0 aliphatic heterocycles. The van der Waals surface area contributed by atoms with Crippen LogP contribution in [-0.2, 0) is 10.2 Å². The van der Waals surface area contributed by atoms with E-state index in [1.807, 2.05) is 26.8 Å². The van der Waals surface area contributed by atoms with Crippen LogP contribution in [-0.4, -0.2) is 33.6 Å². The van der Waals surface area contributed by atoms with Gasteiger partial charge in [0.2, 0.25) is 0 Å². The minimum Gasteiger partial charge on any atom is -0.481 e. The van der Waals surface area contributed by atoms with E-state index in [2.05, 4.69) is 41.9 Å². The number of aromatic nitrogens is 2. The predicted octanol–water partition coefficient (Wildman–Crippen LogP) is 4.56. The van der Waals surface area contributed by atoms with Crippen molar-refractivity contribution in [2.24, 2.45) is 5.10 Å². The summed E-state index contributed by atoms with van der Waals surface area (Å²) in [5, 5.41) is 13.7. The lowest BCUT2D eigenvalue weighted by Gasteiger charge is -2.21. The zero-order valence-corrected chi connectivity index (χ0v) is 19.7. The fourth-order valence-corrected chi connectivity index (χ4v) is 3.49. The lowest BCUT2D eigenvalue weighted by atomic mass is 9.95. The van der Waals surface area contributed by atoms with Crippen molar-refractivity contribution < 1.29 is 14.6 Å². The molecule has 9 heteroatoms. The van der Waals surface area contributed by atoms with E-state index in [0.717, 1.165) is 8.95 Å². The van der Waals surface area contributed by atoms with Gasteiger partial charge in [-0.2, -0.15) is 9.78 Å². The van der Waals surface area contributed by atoms with Crippen LogP contribution in [0.3, 0.4) is 0 Å². The maximum atomic E-state index is 13.2. The molecule has 0 radical (unpaired) electrons. The van der Waals surface area contributed by atoms with Crippen LogP contribution in [0.1, 0.15) is 32.2 Å². The van der Waals surface area contributed by atoms with Crippen LogP contribution < -0.4 is 10.3 Å². The van der Waals surface area contributed by atoms with Crippen molar-refractivity contribution in [1.29, 1.82) is 0 Å². The molecule has 0 aliphatic rings. The quantitative estimate of drug-likeness (QED) is 0.482. The van der Waals surface area contributed by atoms with E-state index in [1.54, 1.807) is 30.3 Å². The van der Waals surface area contributed by atoms with Crippen molar-refractivity contribution in [2.75, 3.05) is 6.61 Å². The van der Waals surface area contributed by atoms with Gasteiger partial charge in [0.1, 0.15) is 11.6 Å². The molecule has 1 heterocycles. The summed E-state index contributed by atoms with van der Waals surface area (Å²) in [6, 6.07) is 10.4. The minimum absolute atomic E-state index is 0.300. The van der Waals surface area contributed by atoms with Gasteiger partial charge in [0.15, 0.2) is 6.61 Å². The number of carboxylic acid groups (broad SMARTS) is 1. The lowest BCUT2D eigenvalue weighted by Crippen LogP contribution is -2.29. The van der Waals surface area contributed by atoms with Crippen LogP contribution >= 0.6 is 31.9 Å². The minimum atomic E-state index is -1.09. The summed E-state index contributed by atoms with van der Waals surface area (Å²) < 4.78 is 8.14. The number of carbonyl (C=O) groups is 1. The highest BCUT2D eigenvalue weighted by Crippen LogP contribution is 2.24. The first-order chi connectivity index (χ1) is 14.1. The zero-order valence-electron chi connectivity index (χ0n) is 16.5. The number of hydrogen-bond donors (Lipinski definition) is 1. The number of hydrogen-bond acceptors (Lipinski definition) is 5. The fraction of sp³-hybridized carbons (Fsp3) is 0.238. The van der Waals surface area contributed by atoms with Crippen LogP contribution in [0.15, 0.2) is 55.2 Å². The Morgan fingerprint density at radius 3 is 2.53 bits per heavy atom. The molecule has 0 saturated carbocycles. The van der Waals surface area contributed by atoms with E-state index in [-0.39, 0.29) is 5.56 Å². The largest absolute Gasteiger partial charge is 0.481 e. The van der Waals surface area contributed by atoms with Gasteiger partial charge < -0.3 is 9.84 Å². The van der Waals surface area contributed by atoms with Crippen LogP contribution in [0.4, 0.5) is 0 Å². The predicted molar refractivity (Wildman–Crippen MR) is 123 cm³/mol. The second-order valence-electron chi connectivity index (χ2n) is 7.57. The molecule has 0 saturated heterocycles. The monoisotopic (exact) mass is 535 g/mol. The van der Waals surface area contributed by atoms with Crippen molar-refractivity contribution in [2.45, 2.75) is 26.2 Å². The Morgan fingerprint density at radius 2 is 1.87 bits per heavy atom. The molecule has 0 atom stereocenters. The van der Waals surface area contributed by atoms with Crippen molar-refractivity contribution in [1.82, 2.24) is 9.66 Å². The summed E-state index contributed by atoms with van der Waals surface area (Å²) in [5.74, 6) is -0.246. The van der Waals surface area contributed by atoms with E-state index in [0.29, 0.717) is 28.0 Å². The molecule has 3 rings (SSSR count). The topological polar surface area (TPSA) is 93.8 Å². The molecular formula is C21H19Br2N3O4. The average Bonchev–Trinajstić information content (AvgIpc) is 2.66. The van der Waals surface area contributed by atoms with Gasteiger partial charge in [-0.3, -0.25) is 4.79 Å². The summed E-state index contributed by atoms with van der Waals surface area (Å²) >= 11 is 6.77. The van der Waals surface area contributed by atoms with Crippen LogP contribution in [0.2, 0.25) is 0 Å². The van der Waals surface area contributed by atoms with E-state index < -0.39 is 18.0 Å². The maximum Gasteiger partial charge on any atom is 0.341 e. The molecule has 3 aromatic rings. The highest BCUT2D eigenvalue weighted by Gasteiger charge is 2.23. The molecule has 7 nitrogen and oxygen atoms in total. The fourth-order valence-electron chi connectivity index (χ4n) is 2.75. The van der Waals surface area contributed by atoms with Crippen molar-refractivity contribution in [3.63, 3.8) is 0 Å². The first-order valence-corrected chi connectivity index (χ1v) is 10.6. The van der Waals surface area contributed by atoms with Gasteiger partial charge >= 0.3 is 5.97 Å². The molecule has 0 fully saturated rings. The summed E-state index contributed by atoms with van der Waals surface area (Å²) in [4.78, 5) is 28.7. The molecule has 0 aliphatic carbocycles. The Kier molecular flexibility index (Phi) is 6.42. The van der Waals surface area contributed by atoms with E-state index >= 15 is 0 Å². The third kappa shape index (κ3) is 4.96. The molecule has 1 aromatic heterocycles. The Hall–Kier alpha value is -2.52. The molecule has 0 bridgehead atoms. The molecule has 0 spiro atoms. The van der Waals surface area contributed by atoms with Crippen molar-refractivity contribution in [3.8, 4) is 5.75 Å². The zero-order chi connectivity index (χ0) is 22.1. The lowest BCUT2D eigenvalue weighted by molar-refractivity contribution is -0.139. The van der Waals surface area contributed by atoms with Gasteiger partial charge in [0.25, 0.3) is 5.56 Å². The number of benzene rings is 2. The Bertz CT molecular complexity index is 1210. The molecule has 1 N–H and O–H groups in total. The van der Waals surface area contributed by atoms with Gasteiger partial charge in [-0.15, -0.1) is 0 Å². The van der Waals surface area contributed by atoms with Gasteiger partial charge in [0, 0.05) is 19.9 Å². The third-order valence-corrected chi connectivity index (χ3v) is 5.10. The molecular weight excluding hydrogens is 518 g/mol. The van der Waals surface area contributed by atoms with E-state index in [1.165, 1.54) is 10.9 Å². The number of rotatable bonds is 5. The summed E-state index contributed by atoms with van der Waals surface area (Å²) in [5.41, 5.74) is 0.363. The molecule has 0 amide bonds. The Labute approximate surface area is 189 Å². The SMILES string of the molecule is CC(C)(C)c1nc2ccc(Br)cc2c(=O)n1N=Cc1cc(Br)ccc1OCC(=O)O. The second-order valence-corrected chi connectivity index (χ2v) is 9.40. The number of ether oxygens (including phenoxy) is 1. The van der Waals surface area contributed by atoms with E-state index in [9.17, 15) is 9.59 Å². The number of halogens is 2. The first kappa shape index (κ1) is 22.2. The van der Waals surface area contributed by atoms with Crippen LogP contribution in [0.5, 0.6) is 5.75 Å². The maximum absolute atomic E-state index is 13.2. The number of carboxylic acids is 1. The first-order valence-electron chi connectivity index (χ1n) is 8.97. The number of nitrogens with zero attached hydrogens (tertiary/aromatic N) is 3. The smallest absolute Gasteiger partial charge is 0.341 e. The number of aliphatic carboxylic acids is 1. The van der Waals surface area contributed by atoms with Crippen molar-refractivity contribution >= 4 is 54.9 Å². The normalized spacial score (nSPS) is 11.9. The van der Waals surface area contributed by atoms with Gasteiger partial charge in [-0.05, 0) is 36.4 Å². The Balaban J connectivity index is 2.17. The van der Waals surface area contributed by atoms with Crippen LogP contribution in [0, 0.1) is 0 Å². The molecule has 156 valence electrons. The second kappa shape index (κ2) is 8.69. The van der Waals surface area contributed by atoms with E-state index in [4.69, 9.17) is 9.84 Å². The summed E-state index contributed by atoms with van der Waals surface area (Å²) in [6.45, 7) is 5.37. The standard InChI is InChI=1S/C21H19Br2N3O4/c1-21(2,3)20-25-16-6-4-14(23)9-15(16)19(29)26(20)24-10-12-8-13(22)5-7-17(12)30-11-18(27)28/h4-10H,11H2,1-3H3,(H,27,28). The van der Waals surface area contributed by atoms with Gasteiger partial charge in [-0.1, -0.05) is 52.6 Å². The van der Waals surface area contributed by atoms with Crippen LogP contribution in [0.25, 0.3) is 10.9 Å². The Morgan fingerprint density at radius 1 is 1.20 bits per heavy atom. The number of fused-ring (bicyclic) bond motifs is 1. The summed E-state index contributed by atoms with van der Waals surface area (Å²) in [7, 11) is 0. The summed E-state index contributed by atoms with van der Waals surface area (Å²) in [6.07, 6.45) is 1.46. The molecule has 2 aromatic carbocycles.